The van der Waals surface area contributed by atoms with E-state index in [1.807, 2.05) is 6.92 Å². The van der Waals surface area contributed by atoms with E-state index in [4.69, 9.17) is 5.26 Å². The summed E-state index contributed by atoms with van der Waals surface area (Å²) < 4.78 is 0. The normalized spacial score (nSPS) is 23.6. The van der Waals surface area contributed by atoms with Gasteiger partial charge in [-0.25, -0.2) is 0 Å². The lowest BCUT2D eigenvalue weighted by Crippen LogP contribution is -2.01. The molecule has 0 heterocycles. The first-order chi connectivity index (χ1) is 4.34. The predicted octanol–water partition coefficient (Wildman–Crippen LogP) is 2.29. The molecule has 0 amide bonds. The minimum atomic E-state index is 0.215. The van der Waals surface area contributed by atoms with Crippen molar-refractivity contribution in [2.75, 3.05) is 0 Å². The van der Waals surface area contributed by atoms with Crippen molar-refractivity contribution in [3.05, 3.63) is 5.92 Å². The van der Waals surface area contributed by atoms with Gasteiger partial charge in [0.15, 0.2) is 0 Å². The molecule has 0 aromatic heterocycles. The summed E-state index contributed by atoms with van der Waals surface area (Å²) in [5, 5.41) is 8.52. The molecular formula is C8H12N. The van der Waals surface area contributed by atoms with E-state index in [2.05, 4.69) is 6.07 Å². The van der Waals surface area contributed by atoms with Gasteiger partial charge in [-0.05, 0) is 25.7 Å². The molecule has 1 unspecified atom stereocenters. The molecule has 0 spiro atoms. The van der Waals surface area contributed by atoms with Crippen molar-refractivity contribution in [2.45, 2.75) is 32.6 Å². The molecule has 1 saturated carbocycles. The van der Waals surface area contributed by atoms with Gasteiger partial charge < -0.3 is 0 Å². The molecule has 1 atom stereocenters. The second-order valence-electron chi connectivity index (χ2n) is 2.72. The highest BCUT2D eigenvalue weighted by Crippen LogP contribution is 2.32. The molecule has 0 N–H and O–H groups in total. The summed E-state index contributed by atoms with van der Waals surface area (Å²) >= 11 is 0. The van der Waals surface area contributed by atoms with Crippen molar-refractivity contribution in [3.8, 4) is 6.07 Å². The Hall–Kier alpha value is -0.510. The quantitative estimate of drug-likeness (QED) is 0.523. The maximum Gasteiger partial charge on any atom is 0.0658 e. The second-order valence-corrected chi connectivity index (χ2v) is 2.72. The van der Waals surface area contributed by atoms with E-state index in [9.17, 15) is 0 Å². The van der Waals surface area contributed by atoms with Crippen LogP contribution in [0.4, 0.5) is 0 Å². The molecule has 9 heavy (non-hydrogen) atoms. The number of nitriles is 1. The Morgan fingerprint density at radius 2 is 2.00 bits per heavy atom. The Morgan fingerprint density at radius 3 is 2.44 bits per heavy atom. The molecule has 0 saturated heterocycles. The van der Waals surface area contributed by atoms with Gasteiger partial charge in [0, 0.05) is 5.92 Å². The fourth-order valence-electron chi connectivity index (χ4n) is 1.35. The highest BCUT2D eigenvalue weighted by Gasteiger charge is 2.21. The summed E-state index contributed by atoms with van der Waals surface area (Å²) in [6.07, 6.45) is 5.02. The predicted molar refractivity (Wildman–Crippen MR) is 36.5 cm³/mol. The first kappa shape index (κ1) is 6.61. The summed E-state index contributed by atoms with van der Waals surface area (Å²) in [6.45, 7) is 2.00. The van der Waals surface area contributed by atoms with Gasteiger partial charge >= 0.3 is 0 Å². The fraction of sp³-hybridized carbons (Fsp3) is 0.750. The van der Waals surface area contributed by atoms with Gasteiger partial charge in [0.1, 0.15) is 0 Å². The van der Waals surface area contributed by atoms with Gasteiger partial charge in [0.25, 0.3) is 0 Å². The highest BCUT2D eigenvalue weighted by atomic mass is 14.3. The van der Waals surface area contributed by atoms with Crippen LogP contribution in [0.1, 0.15) is 32.6 Å². The van der Waals surface area contributed by atoms with E-state index in [0.717, 1.165) is 0 Å². The molecule has 49 valence electrons. The van der Waals surface area contributed by atoms with Crippen LogP contribution in [0.25, 0.3) is 0 Å². The fourth-order valence-corrected chi connectivity index (χ4v) is 1.35. The van der Waals surface area contributed by atoms with Crippen molar-refractivity contribution >= 4 is 0 Å². The molecule has 1 aliphatic carbocycles. The molecule has 0 bridgehead atoms. The summed E-state index contributed by atoms with van der Waals surface area (Å²) in [5.41, 5.74) is 0. The molecule has 1 fully saturated rings. The smallest absolute Gasteiger partial charge is 0.0658 e. The molecule has 0 aromatic rings. The Kier molecular flexibility index (Phi) is 2.10. The molecule has 1 heteroatoms. The third-order valence-corrected chi connectivity index (χ3v) is 2.05. The van der Waals surface area contributed by atoms with Crippen LogP contribution in [0, 0.1) is 23.2 Å². The topological polar surface area (TPSA) is 23.8 Å². The van der Waals surface area contributed by atoms with E-state index in [1.54, 1.807) is 0 Å². The summed E-state index contributed by atoms with van der Waals surface area (Å²) in [7, 11) is 0. The van der Waals surface area contributed by atoms with Crippen LogP contribution in [-0.4, -0.2) is 0 Å². The largest absolute Gasteiger partial charge is 0.198 e. The minimum Gasteiger partial charge on any atom is -0.198 e. The molecule has 0 aliphatic heterocycles. The number of nitrogens with zero attached hydrogens (tertiary/aromatic N) is 1. The SMILES string of the molecule is CC(C#N)[C]1CCCC1. The molecule has 0 aromatic carbocycles. The first-order valence-electron chi connectivity index (χ1n) is 3.59. The van der Waals surface area contributed by atoms with E-state index in [1.165, 1.54) is 31.6 Å². The standard InChI is InChI=1S/C8H12N/c1-7(6-9)8-4-2-3-5-8/h7H,2-5H2,1H3. The van der Waals surface area contributed by atoms with Crippen molar-refractivity contribution in [1.82, 2.24) is 0 Å². The Bertz CT molecular complexity index is 117. The Morgan fingerprint density at radius 1 is 1.44 bits per heavy atom. The average molecular weight is 122 g/mol. The van der Waals surface area contributed by atoms with Crippen molar-refractivity contribution in [1.29, 1.82) is 5.26 Å². The third kappa shape index (κ3) is 1.45. The molecule has 1 nitrogen and oxygen atoms in total. The zero-order chi connectivity index (χ0) is 6.69. The Labute approximate surface area is 56.7 Å². The van der Waals surface area contributed by atoms with Gasteiger partial charge in [-0.15, -0.1) is 0 Å². The van der Waals surface area contributed by atoms with Crippen LogP contribution in [0.15, 0.2) is 0 Å². The number of hydrogen-bond acceptors (Lipinski definition) is 1. The maximum atomic E-state index is 8.52. The molecular weight excluding hydrogens is 110 g/mol. The first-order valence-corrected chi connectivity index (χ1v) is 3.59. The average Bonchev–Trinajstić information content (AvgIpc) is 2.37. The molecule has 1 aliphatic rings. The van der Waals surface area contributed by atoms with Crippen LogP contribution in [0.2, 0.25) is 0 Å². The lowest BCUT2D eigenvalue weighted by atomic mass is 9.94. The zero-order valence-corrected chi connectivity index (χ0v) is 5.85. The summed E-state index contributed by atoms with van der Waals surface area (Å²) in [6, 6.07) is 2.27. The third-order valence-electron chi connectivity index (χ3n) is 2.05. The van der Waals surface area contributed by atoms with Crippen molar-refractivity contribution < 1.29 is 0 Å². The summed E-state index contributed by atoms with van der Waals surface area (Å²) in [5.74, 6) is 1.69. The minimum absolute atomic E-state index is 0.215. The van der Waals surface area contributed by atoms with Crippen molar-refractivity contribution in [3.63, 3.8) is 0 Å². The summed E-state index contributed by atoms with van der Waals surface area (Å²) in [4.78, 5) is 0. The van der Waals surface area contributed by atoms with Crippen LogP contribution in [-0.2, 0) is 0 Å². The van der Waals surface area contributed by atoms with Gasteiger partial charge in [-0.1, -0.05) is 12.8 Å². The van der Waals surface area contributed by atoms with Gasteiger partial charge in [0.05, 0.1) is 6.07 Å². The van der Waals surface area contributed by atoms with E-state index >= 15 is 0 Å². The molecule has 1 rings (SSSR count). The van der Waals surface area contributed by atoms with Gasteiger partial charge in [0.2, 0.25) is 0 Å². The van der Waals surface area contributed by atoms with E-state index in [0.29, 0.717) is 0 Å². The molecule has 1 radical (unpaired) electrons. The monoisotopic (exact) mass is 122 g/mol. The van der Waals surface area contributed by atoms with Crippen LogP contribution in [0.5, 0.6) is 0 Å². The van der Waals surface area contributed by atoms with Crippen LogP contribution in [0.3, 0.4) is 0 Å². The van der Waals surface area contributed by atoms with Gasteiger partial charge in [-0.2, -0.15) is 5.26 Å². The van der Waals surface area contributed by atoms with E-state index < -0.39 is 0 Å². The van der Waals surface area contributed by atoms with E-state index in [-0.39, 0.29) is 5.92 Å². The number of hydrogen-bond donors (Lipinski definition) is 0. The highest BCUT2D eigenvalue weighted by molar-refractivity contribution is 5.06. The lowest BCUT2D eigenvalue weighted by molar-refractivity contribution is 0.690. The Balaban J connectivity index is 2.34. The van der Waals surface area contributed by atoms with Gasteiger partial charge in [-0.3, -0.25) is 0 Å². The van der Waals surface area contributed by atoms with Crippen LogP contribution < -0.4 is 0 Å². The number of rotatable bonds is 1. The van der Waals surface area contributed by atoms with Crippen molar-refractivity contribution in [2.24, 2.45) is 5.92 Å². The second kappa shape index (κ2) is 2.87. The zero-order valence-electron chi connectivity index (χ0n) is 5.85. The maximum absolute atomic E-state index is 8.52. The lowest BCUT2D eigenvalue weighted by Gasteiger charge is -2.07. The van der Waals surface area contributed by atoms with Crippen LogP contribution >= 0.6 is 0 Å².